The van der Waals surface area contributed by atoms with Crippen LogP contribution in [-0.2, 0) is 14.3 Å². The van der Waals surface area contributed by atoms with E-state index in [1.54, 1.807) is 30.0 Å². The number of nitrogens with zero attached hydrogens (tertiary/aromatic N) is 2. The molecule has 0 unspecified atom stereocenters. The van der Waals surface area contributed by atoms with Gasteiger partial charge in [-0.2, -0.15) is 0 Å². The predicted molar refractivity (Wildman–Crippen MR) is 85.2 cm³/mol. The Labute approximate surface area is 133 Å². The number of aliphatic imine (C=N–C) groups is 1. The van der Waals surface area contributed by atoms with E-state index in [-0.39, 0.29) is 17.6 Å². The van der Waals surface area contributed by atoms with Gasteiger partial charge in [0.1, 0.15) is 11.5 Å². The van der Waals surface area contributed by atoms with E-state index in [4.69, 9.17) is 9.15 Å². The van der Waals surface area contributed by atoms with Crippen LogP contribution in [0.5, 0.6) is 0 Å². The van der Waals surface area contributed by atoms with Gasteiger partial charge in [-0.15, -0.1) is 0 Å². The molecular weight excluding hydrogens is 304 g/mol. The van der Waals surface area contributed by atoms with Gasteiger partial charge in [-0.25, -0.2) is 4.99 Å². The van der Waals surface area contributed by atoms with Crippen LogP contribution in [0.1, 0.15) is 26.0 Å². The molecule has 0 atom stereocenters. The first kappa shape index (κ1) is 16.4. The van der Waals surface area contributed by atoms with Crippen molar-refractivity contribution in [3.05, 3.63) is 29.9 Å². The molecule has 1 aliphatic rings. The Kier molecular flexibility index (Phi) is 5.83. The number of hydrogen-bond donors (Lipinski definition) is 0. The van der Waals surface area contributed by atoms with E-state index >= 15 is 0 Å². The minimum Gasteiger partial charge on any atom is -0.465 e. The number of carbonyl (C=O) groups excluding carboxylic acids is 2. The Balaban J connectivity index is 2.13. The summed E-state index contributed by atoms with van der Waals surface area (Å²) in [4.78, 5) is 29.7. The van der Waals surface area contributed by atoms with Crippen LogP contribution in [0.25, 0.3) is 6.08 Å². The van der Waals surface area contributed by atoms with Crippen molar-refractivity contribution in [1.82, 2.24) is 4.90 Å². The molecule has 0 saturated heterocycles. The number of carbonyl (C=O) groups is 2. The number of furan rings is 1. The summed E-state index contributed by atoms with van der Waals surface area (Å²) in [6, 6.07) is 3.50. The fourth-order valence-corrected chi connectivity index (χ4v) is 2.72. The van der Waals surface area contributed by atoms with Gasteiger partial charge in [0.05, 0.1) is 18.6 Å². The highest BCUT2D eigenvalue weighted by molar-refractivity contribution is 8.14. The van der Waals surface area contributed by atoms with Gasteiger partial charge in [0, 0.05) is 12.6 Å². The Morgan fingerprint density at radius 2 is 2.32 bits per heavy atom. The smallest absolute Gasteiger partial charge is 0.316 e. The lowest BCUT2D eigenvalue weighted by Crippen LogP contribution is -2.31. The molecule has 2 heterocycles. The van der Waals surface area contributed by atoms with E-state index in [9.17, 15) is 9.59 Å². The van der Waals surface area contributed by atoms with Gasteiger partial charge in [-0.3, -0.25) is 14.5 Å². The quantitative estimate of drug-likeness (QED) is 0.594. The summed E-state index contributed by atoms with van der Waals surface area (Å²) < 4.78 is 10.1. The van der Waals surface area contributed by atoms with Gasteiger partial charge < -0.3 is 9.15 Å². The first-order chi connectivity index (χ1) is 10.7. The summed E-state index contributed by atoms with van der Waals surface area (Å²) in [6.07, 6.45) is 3.94. The first-order valence-electron chi connectivity index (χ1n) is 7.09. The molecule has 7 heteroatoms. The molecule has 0 aliphatic carbocycles. The molecule has 0 saturated carbocycles. The fraction of sp³-hybridized carbons (Fsp3) is 0.400. The molecule has 0 fully saturated rings. The van der Waals surface area contributed by atoms with Crippen molar-refractivity contribution in [2.75, 3.05) is 18.9 Å². The molecule has 1 aromatic rings. The zero-order chi connectivity index (χ0) is 15.9. The highest BCUT2D eigenvalue weighted by atomic mass is 32.2. The van der Waals surface area contributed by atoms with Crippen molar-refractivity contribution in [1.29, 1.82) is 0 Å². The molecular formula is C15H18N2O4S. The zero-order valence-electron chi connectivity index (χ0n) is 12.6. The van der Waals surface area contributed by atoms with Gasteiger partial charge in [0.15, 0.2) is 5.17 Å². The number of amides is 1. The second kappa shape index (κ2) is 7.84. The number of rotatable bonds is 6. The van der Waals surface area contributed by atoms with E-state index in [1.165, 1.54) is 18.0 Å². The monoisotopic (exact) mass is 322 g/mol. The van der Waals surface area contributed by atoms with Gasteiger partial charge >= 0.3 is 5.97 Å². The van der Waals surface area contributed by atoms with Crippen LogP contribution in [0.3, 0.4) is 0 Å². The number of amidine groups is 1. The number of thioether (sulfide) groups is 1. The van der Waals surface area contributed by atoms with Crippen molar-refractivity contribution in [3.63, 3.8) is 0 Å². The Morgan fingerprint density at radius 1 is 1.50 bits per heavy atom. The van der Waals surface area contributed by atoms with Crippen LogP contribution in [0.2, 0.25) is 0 Å². The molecule has 0 radical (unpaired) electrons. The molecule has 0 bridgehead atoms. The largest absolute Gasteiger partial charge is 0.465 e. The van der Waals surface area contributed by atoms with Crippen LogP contribution in [0, 0.1) is 0 Å². The van der Waals surface area contributed by atoms with Crippen LogP contribution < -0.4 is 0 Å². The topological polar surface area (TPSA) is 72.1 Å². The summed E-state index contributed by atoms with van der Waals surface area (Å²) in [5.74, 6) is 0.209. The lowest BCUT2D eigenvalue weighted by Gasteiger charge is -2.16. The first-order valence-corrected chi connectivity index (χ1v) is 8.08. The molecule has 0 spiro atoms. The molecule has 0 N–H and O–H groups in total. The average Bonchev–Trinajstić information content (AvgIpc) is 3.10. The highest BCUT2D eigenvalue weighted by Gasteiger charge is 2.30. The third-order valence-electron chi connectivity index (χ3n) is 2.81. The van der Waals surface area contributed by atoms with Crippen LogP contribution >= 0.6 is 11.8 Å². The van der Waals surface area contributed by atoms with E-state index in [1.807, 2.05) is 6.92 Å². The van der Waals surface area contributed by atoms with Crippen LogP contribution in [0.15, 0.2) is 33.5 Å². The lowest BCUT2D eigenvalue weighted by atomic mass is 10.3. The molecule has 0 aromatic carbocycles. The second-order valence-electron chi connectivity index (χ2n) is 4.49. The molecule has 118 valence electrons. The van der Waals surface area contributed by atoms with E-state index < -0.39 is 0 Å². The Hall–Kier alpha value is -2.02. The number of ether oxygens (including phenoxy) is 1. The molecule has 6 nitrogen and oxygen atoms in total. The fourth-order valence-electron chi connectivity index (χ4n) is 1.90. The molecule has 1 aliphatic heterocycles. The summed E-state index contributed by atoms with van der Waals surface area (Å²) in [5.41, 5.74) is 0.315. The minimum absolute atomic E-state index is 0.133. The zero-order valence-corrected chi connectivity index (χ0v) is 13.4. The van der Waals surface area contributed by atoms with Gasteiger partial charge in [0.2, 0.25) is 0 Å². The molecule has 22 heavy (non-hydrogen) atoms. The normalized spacial score (nSPS) is 16.3. The second-order valence-corrected chi connectivity index (χ2v) is 5.43. The lowest BCUT2D eigenvalue weighted by molar-refractivity contribution is -0.139. The number of hydrogen-bond acceptors (Lipinski definition) is 6. The maximum absolute atomic E-state index is 12.4. The van der Waals surface area contributed by atoms with Crippen LogP contribution in [-0.4, -0.2) is 40.8 Å². The third-order valence-corrected chi connectivity index (χ3v) is 3.76. The van der Waals surface area contributed by atoms with Crippen molar-refractivity contribution in [2.45, 2.75) is 20.3 Å². The number of esters is 1. The third kappa shape index (κ3) is 4.00. The summed E-state index contributed by atoms with van der Waals surface area (Å²) in [6.45, 7) is 4.64. The predicted octanol–water partition coefficient (Wildman–Crippen LogP) is 2.53. The van der Waals surface area contributed by atoms with E-state index in [0.29, 0.717) is 29.8 Å². The van der Waals surface area contributed by atoms with E-state index in [2.05, 4.69) is 4.99 Å². The summed E-state index contributed by atoms with van der Waals surface area (Å²) in [7, 11) is 0. The molecule has 1 aromatic heterocycles. The standard InChI is InChI=1S/C15H18N2O4S/c1-3-7-17-14(19)12(9-11-6-5-8-21-11)16-15(17)22-10-13(18)20-4-2/h5-6,8-9H,3-4,7,10H2,1-2H3/b12-9+. The van der Waals surface area contributed by atoms with Gasteiger partial charge in [0.25, 0.3) is 5.91 Å². The Bertz CT molecular complexity index is 593. The maximum Gasteiger partial charge on any atom is 0.316 e. The van der Waals surface area contributed by atoms with E-state index in [0.717, 1.165) is 6.42 Å². The van der Waals surface area contributed by atoms with Crippen molar-refractivity contribution < 1.29 is 18.7 Å². The summed E-state index contributed by atoms with van der Waals surface area (Å²) >= 11 is 1.21. The van der Waals surface area contributed by atoms with Crippen molar-refractivity contribution in [3.8, 4) is 0 Å². The van der Waals surface area contributed by atoms with Gasteiger partial charge in [-0.1, -0.05) is 18.7 Å². The average molecular weight is 322 g/mol. The van der Waals surface area contributed by atoms with Crippen molar-refractivity contribution in [2.24, 2.45) is 4.99 Å². The van der Waals surface area contributed by atoms with Crippen molar-refractivity contribution >= 4 is 34.9 Å². The molecule has 2 rings (SSSR count). The minimum atomic E-state index is -0.317. The SMILES string of the molecule is CCCN1C(=O)/C(=C\c2ccco2)N=C1SCC(=O)OCC. The van der Waals surface area contributed by atoms with Crippen LogP contribution in [0.4, 0.5) is 0 Å². The van der Waals surface area contributed by atoms with Gasteiger partial charge in [-0.05, 0) is 25.5 Å². The highest BCUT2D eigenvalue weighted by Crippen LogP contribution is 2.24. The Morgan fingerprint density at radius 3 is 2.95 bits per heavy atom. The molecule has 1 amide bonds. The summed E-state index contributed by atoms with van der Waals surface area (Å²) in [5, 5.41) is 0.526. The maximum atomic E-state index is 12.4.